The fourth-order valence-electron chi connectivity index (χ4n) is 2.37. The van der Waals surface area contributed by atoms with Gasteiger partial charge in [-0.15, -0.1) is 0 Å². The Balaban J connectivity index is 1.90. The molecule has 2 aromatic carbocycles. The summed E-state index contributed by atoms with van der Waals surface area (Å²) in [5, 5.41) is 2.84. The molecule has 4 nitrogen and oxygen atoms in total. The summed E-state index contributed by atoms with van der Waals surface area (Å²) in [6.45, 7) is 4.46. The molecule has 0 saturated carbocycles. The van der Waals surface area contributed by atoms with Crippen LogP contribution in [-0.2, 0) is 16.1 Å². The van der Waals surface area contributed by atoms with E-state index >= 15 is 0 Å². The van der Waals surface area contributed by atoms with E-state index in [2.05, 4.69) is 27.3 Å². The van der Waals surface area contributed by atoms with Gasteiger partial charge in [0.1, 0.15) is 0 Å². The third-order valence-corrected chi connectivity index (χ3v) is 4.17. The number of hydrogen-bond acceptors (Lipinski definition) is 2. The van der Waals surface area contributed by atoms with Crippen molar-refractivity contribution in [2.75, 3.05) is 11.9 Å². The lowest BCUT2D eigenvalue weighted by molar-refractivity contribution is -0.129. The molecule has 0 unspecified atom stereocenters. The standard InChI is InChI=1S/C19H21BrN2O2/c1-14-4-3-5-16(12-14)13-22(15(2)23)11-10-19(24)21-18-8-6-17(20)7-9-18/h3-9,12H,10-11,13H2,1-2H3,(H,21,24). The summed E-state index contributed by atoms with van der Waals surface area (Å²) in [5.41, 5.74) is 2.97. The van der Waals surface area contributed by atoms with Gasteiger partial charge in [0.25, 0.3) is 0 Å². The second-order valence-electron chi connectivity index (χ2n) is 5.73. The second-order valence-corrected chi connectivity index (χ2v) is 6.65. The summed E-state index contributed by atoms with van der Waals surface area (Å²) in [5.74, 6) is -0.138. The fourth-order valence-corrected chi connectivity index (χ4v) is 2.64. The number of anilines is 1. The lowest BCUT2D eigenvalue weighted by atomic mass is 10.1. The topological polar surface area (TPSA) is 49.4 Å². The summed E-state index contributed by atoms with van der Waals surface area (Å²) in [7, 11) is 0. The number of aryl methyl sites for hydroxylation is 1. The summed E-state index contributed by atoms with van der Waals surface area (Å²) in [6, 6.07) is 15.4. The summed E-state index contributed by atoms with van der Waals surface area (Å²) >= 11 is 3.36. The Morgan fingerprint density at radius 1 is 1.12 bits per heavy atom. The van der Waals surface area contributed by atoms with Gasteiger partial charge in [0.05, 0.1) is 0 Å². The zero-order chi connectivity index (χ0) is 17.5. The fraction of sp³-hybridized carbons (Fsp3) is 0.263. The van der Waals surface area contributed by atoms with Gasteiger partial charge in [-0.2, -0.15) is 0 Å². The number of hydrogen-bond donors (Lipinski definition) is 1. The largest absolute Gasteiger partial charge is 0.338 e. The predicted molar refractivity (Wildman–Crippen MR) is 99.7 cm³/mol. The van der Waals surface area contributed by atoms with Crippen molar-refractivity contribution in [1.29, 1.82) is 0 Å². The van der Waals surface area contributed by atoms with Crippen LogP contribution in [0.2, 0.25) is 0 Å². The van der Waals surface area contributed by atoms with Gasteiger partial charge in [-0.1, -0.05) is 45.8 Å². The summed E-state index contributed by atoms with van der Waals surface area (Å²) < 4.78 is 0.960. The maximum Gasteiger partial charge on any atom is 0.226 e. The number of nitrogens with one attached hydrogen (secondary N) is 1. The van der Waals surface area contributed by atoms with Crippen molar-refractivity contribution >= 4 is 33.4 Å². The first-order chi connectivity index (χ1) is 11.4. The van der Waals surface area contributed by atoms with Crippen LogP contribution in [0.15, 0.2) is 53.0 Å². The normalized spacial score (nSPS) is 10.3. The third kappa shape index (κ3) is 5.81. The number of rotatable bonds is 6. The van der Waals surface area contributed by atoms with Gasteiger partial charge in [0, 0.05) is 36.6 Å². The summed E-state index contributed by atoms with van der Waals surface area (Å²) in [4.78, 5) is 25.6. The lowest BCUT2D eigenvalue weighted by Gasteiger charge is -2.21. The van der Waals surface area contributed by atoms with E-state index in [1.165, 1.54) is 6.92 Å². The lowest BCUT2D eigenvalue weighted by Crippen LogP contribution is -2.31. The molecule has 0 fully saturated rings. The van der Waals surface area contributed by atoms with Gasteiger partial charge in [-0.25, -0.2) is 0 Å². The van der Waals surface area contributed by atoms with E-state index < -0.39 is 0 Å². The molecule has 2 aromatic rings. The molecule has 126 valence electrons. The molecule has 0 bridgehead atoms. The minimum absolute atomic E-state index is 0.0343. The molecule has 0 saturated heterocycles. The quantitative estimate of drug-likeness (QED) is 0.808. The van der Waals surface area contributed by atoms with Gasteiger partial charge in [-0.3, -0.25) is 9.59 Å². The highest BCUT2D eigenvalue weighted by Gasteiger charge is 2.12. The molecule has 0 aliphatic rings. The Morgan fingerprint density at radius 2 is 1.83 bits per heavy atom. The van der Waals surface area contributed by atoms with E-state index in [0.717, 1.165) is 21.3 Å². The van der Waals surface area contributed by atoms with Crippen molar-refractivity contribution in [1.82, 2.24) is 4.90 Å². The zero-order valence-electron chi connectivity index (χ0n) is 13.9. The average molecular weight is 389 g/mol. The van der Waals surface area contributed by atoms with Gasteiger partial charge in [0.15, 0.2) is 0 Å². The van der Waals surface area contributed by atoms with Crippen LogP contribution in [0, 0.1) is 6.92 Å². The van der Waals surface area contributed by atoms with Gasteiger partial charge >= 0.3 is 0 Å². The summed E-state index contributed by atoms with van der Waals surface area (Å²) in [6.07, 6.45) is 0.265. The van der Waals surface area contributed by atoms with Crippen LogP contribution in [-0.4, -0.2) is 23.3 Å². The maximum atomic E-state index is 12.1. The molecule has 0 aliphatic heterocycles. The van der Waals surface area contributed by atoms with E-state index in [4.69, 9.17) is 0 Å². The average Bonchev–Trinajstić information content (AvgIpc) is 2.53. The minimum Gasteiger partial charge on any atom is -0.338 e. The van der Waals surface area contributed by atoms with Crippen LogP contribution in [0.3, 0.4) is 0 Å². The Bertz CT molecular complexity index is 714. The number of halogens is 1. The third-order valence-electron chi connectivity index (χ3n) is 3.64. The number of carbonyl (C=O) groups is 2. The first-order valence-corrected chi connectivity index (χ1v) is 8.60. The Hall–Kier alpha value is -2.14. The van der Waals surface area contributed by atoms with Crippen molar-refractivity contribution in [3.8, 4) is 0 Å². The predicted octanol–water partition coefficient (Wildman–Crippen LogP) is 4.13. The van der Waals surface area contributed by atoms with Crippen LogP contribution in [0.25, 0.3) is 0 Å². The van der Waals surface area contributed by atoms with E-state index in [9.17, 15) is 9.59 Å². The molecule has 0 radical (unpaired) electrons. The van der Waals surface area contributed by atoms with Crippen molar-refractivity contribution in [3.05, 3.63) is 64.1 Å². The molecule has 24 heavy (non-hydrogen) atoms. The van der Waals surface area contributed by atoms with Gasteiger partial charge in [0.2, 0.25) is 11.8 Å². The van der Waals surface area contributed by atoms with Gasteiger partial charge in [-0.05, 0) is 36.8 Å². The van der Waals surface area contributed by atoms with Crippen LogP contribution < -0.4 is 5.32 Å². The van der Waals surface area contributed by atoms with Crippen LogP contribution in [0.1, 0.15) is 24.5 Å². The van der Waals surface area contributed by atoms with Gasteiger partial charge < -0.3 is 10.2 Å². The van der Waals surface area contributed by atoms with Crippen molar-refractivity contribution in [3.63, 3.8) is 0 Å². The molecule has 0 spiro atoms. The Morgan fingerprint density at radius 3 is 2.46 bits per heavy atom. The Labute approximate surface area is 151 Å². The number of carbonyl (C=O) groups excluding carboxylic acids is 2. The zero-order valence-corrected chi connectivity index (χ0v) is 15.5. The van der Waals surface area contributed by atoms with E-state index in [1.807, 2.05) is 49.4 Å². The highest BCUT2D eigenvalue weighted by Crippen LogP contribution is 2.14. The molecule has 0 aromatic heterocycles. The number of benzene rings is 2. The minimum atomic E-state index is -0.104. The highest BCUT2D eigenvalue weighted by atomic mass is 79.9. The molecule has 5 heteroatoms. The van der Waals surface area contributed by atoms with E-state index in [1.54, 1.807) is 4.90 Å². The molecule has 0 heterocycles. The molecule has 2 rings (SSSR count). The van der Waals surface area contributed by atoms with E-state index in [-0.39, 0.29) is 18.2 Å². The van der Waals surface area contributed by atoms with Crippen LogP contribution >= 0.6 is 15.9 Å². The molecular weight excluding hydrogens is 368 g/mol. The molecular formula is C19H21BrN2O2. The van der Waals surface area contributed by atoms with Crippen molar-refractivity contribution < 1.29 is 9.59 Å². The Kier molecular flexibility index (Phi) is 6.55. The first-order valence-electron chi connectivity index (χ1n) is 7.80. The van der Waals surface area contributed by atoms with Crippen molar-refractivity contribution in [2.24, 2.45) is 0 Å². The molecule has 2 amide bonds. The highest BCUT2D eigenvalue weighted by molar-refractivity contribution is 9.10. The SMILES string of the molecule is CC(=O)N(CCC(=O)Nc1ccc(Br)cc1)Cc1cccc(C)c1. The monoisotopic (exact) mass is 388 g/mol. The number of nitrogens with zero attached hydrogens (tertiary/aromatic N) is 1. The molecule has 0 atom stereocenters. The van der Waals surface area contributed by atoms with E-state index in [0.29, 0.717) is 13.1 Å². The smallest absolute Gasteiger partial charge is 0.226 e. The second kappa shape index (κ2) is 8.64. The van der Waals surface area contributed by atoms with Crippen LogP contribution in [0.4, 0.5) is 5.69 Å². The number of amides is 2. The molecule has 0 aliphatic carbocycles. The molecule has 1 N–H and O–H groups in total. The van der Waals surface area contributed by atoms with Crippen molar-refractivity contribution in [2.45, 2.75) is 26.8 Å². The first kappa shape index (κ1) is 18.2. The van der Waals surface area contributed by atoms with Crippen LogP contribution in [0.5, 0.6) is 0 Å². The maximum absolute atomic E-state index is 12.1.